The maximum atomic E-state index is 4.32. The molecule has 0 fully saturated rings. The van der Waals surface area contributed by atoms with Crippen LogP contribution in [-0.4, -0.2) is 12.8 Å². The number of hydrogen-bond donors (Lipinski definition) is 0. The lowest BCUT2D eigenvalue weighted by Gasteiger charge is -2.13. The predicted molar refractivity (Wildman–Crippen MR) is 54.7 cm³/mol. The van der Waals surface area contributed by atoms with Gasteiger partial charge in [0.1, 0.15) is 0 Å². The van der Waals surface area contributed by atoms with Gasteiger partial charge in [0, 0.05) is 12.8 Å². The Hall–Kier alpha value is -0.590. The molecule has 1 aliphatic heterocycles. The number of nitrogens with zero attached hydrogens (tertiary/aromatic N) is 1. The minimum atomic E-state index is 0.724. The topological polar surface area (TPSA) is 12.4 Å². The van der Waals surface area contributed by atoms with E-state index < -0.39 is 0 Å². The number of unbranched alkanes of at least 4 members (excludes halogenated alkanes) is 2. The van der Waals surface area contributed by atoms with Gasteiger partial charge in [0.2, 0.25) is 0 Å². The van der Waals surface area contributed by atoms with Crippen LogP contribution in [0.25, 0.3) is 0 Å². The van der Waals surface area contributed by atoms with Gasteiger partial charge in [-0.25, -0.2) is 0 Å². The van der Waals surface area contributed by atoms with Crippen LogP contribution in [0, 0.1) is 5.92 Å². The van der Waals surface area contributed by atoms with E-state index >= 15 is 0 Å². The van der Waals surface area contributed by atoms with Crippen molar-refractivity contribution >= 4 is 6.21 Å². The second-order valence-corrected chi connectivity index (χ2v) is 3.66. The van der Waals surface area contributed by atoms with Crippen LogP contribution in [-0.2, 0) is 0 Å². The van der Waals surface area contributed by atoms with Gasteiger partial charge in [0.05, 0.1) is 0 Å². The fourth-order valence-electron chi connectivity index (χ4n) is 1.63. The number of hydrogen-bond acceptors (Lipinski definition) is 1. The molecule has 0 amide bonds. The summed E-state index contributed by atoms with van der Waals surface area (Å²) in [6.45, 7) is 5.40. The van der Waals surface area contributed by atoms with Crippen LogP contribution in [0.1, 0.15) is 39.5 Å². The Morgan fingerprint density at radius 3 is 3.00 bits per heavy atom. The van der Waals surface area contributed by atoms with Gasteiger partial charge in [0.25, 0.3) is 0 Å². The van der Waals surface area contributed by atoms with Crippen molar-refractivity contribution in [3.63, 3.8) is 0 Å². The zero-order chi connectivity index (χ0) is 8.81. The average molecular weight is 165 g/mol. The molecule has 0 saturated carbocycles. The van der Waals surface area contributed by atoms with Crippen molar-refractivity contribution in [1.29, 1.82) is 0 Å². The summed E-state index contributed by atoms with van der Waals surface area (Å²) in [4.78, 5) is 4.32. The van der Waals surface area contributed by atoms with Crippen molar-refractivity contribution in [3.8, 4) is 0 Å². The second-order valence-electron chi connectivity index (χ2n) is 3.66. The fraction of sp³-hybridized carbons (Fsp3) is 0.727. The van der Waals surface area contributed by atoms with Crippen LogP contribution in [0.5, 0.6) is 0 Å². The molecule has 1 rings (SSSR count). The molecular formula is C11H19N. The van der Waals surface area contributed by atoms with E-state index in [-0.39, 0.29) is 0 Å². The first-order chi connectivity index (χ1) is 5.83. The molecule has 12 heavy (non-hydrogen) atoms. The van der Waals surface area contributed by atoms with E-state index in [0.717, 1.165) is 12.5 Å². The summed E-state index contributed by atoms with van der Waals surface area (Å²) in [6, 6.07) is 0. The highest BCUT2D eigenvalue weighted by atomic mass is 14.7. The Morgan fingerprint density at radius 2 is 2.33 bits per heavy atom. The van der Waals surface area contributed by atoms with Crippen molar-refractivity contribution in [1.82, 2.24) is 0 Å². The van der Waals surface area contributed by atoms with E-state index in [1.54, 1.807) is 0 Å². The van der Waals surface area contributed by atoms with Gasteiger partial charge in [-0.2, -0.15) is 0 Å². The maximum absolute atomic E-state index is 4.32. The van der Waals surface area contributed by atoms with Crippen LogP contribution in [0.2, 0.25) is 0 Å². The third-order valence-corrected chi connectivity index (χ3v) is 2.31. The minimum absolute atomic E-state index is 0.724. The Labute approximate surface area is 75.6 Å². The van der Waals surface area contributed by atoms with Crippen LogP contribution in [0.3, 0.4) is 0 Å². The molecule has 1 unspecified atom stereocenters. The van der Waals surface area contributed by atoms with Crippen LogP contribution in [0.4, 0.5) is 0 Å². The lowest BCUT2D eigenvalue weighted by atomic mass is 9.97. The maximum Gasteiger partial charge on any atom is 0.0452 e. The van der Waals surface area contributed by atoms with Crippen molar-refractivity contribution < 1.29 is 0 Å². The number of allylic oxidation sites excluding steroid dienone is 1. The van der Waals surface area contributed by atoms with Gasteiger partial charge in [-0.15, -0.1) is 0 Å². The van der Waals surface area contributed by atoms with Crippen molar-refractivity contribution in [2.45, 2.75) is 39.5 Å². The van der Waals surface area contributed by atoms with Crippen molar-refractivity contribution in [3.05, 3.63) is 11.6 Å². The monoisotopic (exact) mass is 165 g/mol. The normalized spacial score (nSPS) is 22.5. The Kier molecular flexibility index (Phi) is 4.06. The number of aliphatic imine (C=N–C) groups is 1. The highest BCUT2D eigenvalue weighted by molar-refractivity contribution is 5.78. The second kappa shape index (κ2) is 5.13. The van der Waals surface area contributed by atoms with Gasteiger partial charge < -0.3 is 0 Å². The van der Waals surface area contributed by atoms with E-state index in [0.29, 0.717) is 0 Å². The van der Waals surface area contributed by atoms with Gasteiger partial charge >= 0.3 is 0 Å². The zero-order valence-corrected chi connectivity index (χ0v) is 8.21. The van der Waals surface area contributed by atoms with Crippen LogP contribution >= 0.6 is 0 Å². The zero-order valence-electron chi connectivity index (χ0n) is 8.21. The Bertz CT molecular complexity index is 179. The first kappa shape index (κ1) is 9.50. The molecule has 1 nitrogen and oxygen atoms in total. The quantitative estimate of drug-likeness (QED) is 0.567. The van der Waals surface area contributed by atoms with Gasteiger partial charge in [-0.05, 0) is 24.8 Å². The third-order valence-electron chi connectivity index (χ3n) is 2.31. The molecule has 0 aromatic heterocycles. The summed E-state index contributed by atoms with van der Waals surface area (Å²) >= 11 is 0. The SMILES string of the molecule is CCCCCC1C=C(C)C=NC1. The van der Waals surface area contributed by atoms with Crippen molar-refractivity contribution in [2.24, 2.45) is 10.9 Å². The molecule has 1 heteroatoms. The van der Waals surface area contributed by atoms with E-state index in [2.05, 4.69) is 24.9 Å². The molecule has 1 heterocycles. The molecule has 68 valence electrons. The summed E-state index contributed by atoms with van der Waals surface area (Å²) in [5.41, 5.74) is 1.34. The lowest BCUT2D eigenvalue weighted by molar-refractivity contribution is 0.544. The van der Waals surface area contributed by atoms with Crippen molar-refractivity contribution in [2.75, 3.05) is 6.54 Å². The Balaban J connectivity index is 2.21. The van der Waals surface area contributed by atoms with Crippen LogP contribution in [0.15, 0.2) is 16.6 Å². The summed E-state index contributed by atoms with van der Waals surface area (Å²) < 4.78 is 0. The van der Waals surface area contributed by atoms with Crippen LogP contribution < -0.4 is 0 Å². The van der Waals surface area contributed by atoms with Gasteiger partial charge in [-0.3, -0.25) is 4.99 Å². The van der Waals surface area contributed by atoms with E-state index in [9.17, 15) is 0 Å². The molecule has 0 aromatic rings. The van der Waals surface area contributed by atoms with Gasteiger partial charge in [-0.1, -0.05) is 32.3 Å². The first-order valence-electron chi connectivity index (χ1n) is 5.01. The number of rotatable bonds is 4. The molecule has 0 bridgehead atoms. The summed E-state index contributed by atoms with van der Waals surface area (Å²) in [5.74, 6) is 0.724. The predicted octanol–water partition coefficient (Wildman–Crippen LogP) is 3.21. The lowest BCUT2D eigenvalue weighted by Crippen LogP contribution is -2.07. The molecule has 0 aliphatic carbocycles. The Morgan fingerprint density at radius 1 is 1.50 bits per heavy atom. The van der Waals surface area contributed by atoms with E-state index in [4.69, 9.17) is 0 Å². The molecule has 0 radical (unpaired) electrons. The third kappa shape index (κ3) is 3.21. The molecular weight excluding hydrogens is 146 g/mol. The molecule has 1 atom stereocenters. The van der Waals surface area contributed by atoms with Gasteiger partial charge in [0.15, 0.2) is 0 Å². The smallest absolute Gasteiger partial charge is 0.0452 e. The van der Waals surface area contributed by atoms with E-state index in [1.165, 1.54) is 31.3 Å². The molecule has 0 saturated heterocycles. The largest absolute Gasteiger partial charge is 0.292 e. The number of dihydropyridines is 1. The van der Waals surface area contributed by atoms with E-state index in [1.807, 2.05) is 6.21 Å². The fourth-order valence-corrected chi connectivity index (χ4v) is 1.63. The molecule has 1 aliphatic rings. The average Bonchev–Trinajstić information content (AvgIpc) is 2.05. The summed E-state index contributed by atoms with van der Waals surface area (Å²) in [5, 5.41) is 0. The first-order valence-corrected chi connectivity index (χ1v) is 5.01. The highest BCUT2D eigenvalue weighted by Gasteiger charge is 2.07. The summed E-state index contributed by atoms with van der Waals surface area (Å²) in [7, 11) is 0. The summed E-state index contributed by atoms with van der Waals surface area (Å²) in [6.07, 6.45) is 9.72. The minimum Gasteiger partial charge on any atom is -0.292 e. The molecule has 0 aromatic carbocycles. The highest BCUT2D eigenvalue weighted by Crippen LogP contribution is 2.16. The molecule has 0 N–H and O–H groups in total. The molecule has 0 spiro atoms. The standard InChI is InChI=1S/C11H19N/c1-3-4-5-6-11-7-10(2)8-12-9-11/h7-8,11H,3-6,9H2,1-2H3.